The number of halogens is 1. The Bertz CT molecular complexity index is 249. The van der Waals surface area contributed by atoms with Gasteiger partial charge in [-0.1, -0.05) is 27.7 Å². The van der Waals surface area contributed by atoms with Gasteiger partial charge in [-0.3, -0.25) is 4.99 Å². The number of rotatable bonds is 5. The number of hydrogen-bond acceptors (Lipinski definition) is 1. The minimum atomic E-state index is 0. The normalized spacial score (nSPS) is 22.0. The first-order valence-electron chi connectivity index (χ1n) is 6.48. The summed E-state index contributed by atoms with van der Waals surface area (Å²) in [6, 6.07) is 0. The zero-order valence-electron chi connectivity index (χ0n) is 11.8. The van der Waals surface area contributed by atoms with Crippen LogP contribution in [0.3, 0.4) is 0 Å². The van der Waals surface area contributed by atoms with E-state index in [2.05, 4.69) is 50.2 Å². The van der Waals surface area contributed by atoms with Gasteiger partial charge in [-0.05, 0) is 30.6 Å². The summed E-state index contributed by atoms with van der Waals surface area (Å²) in [6.45, 7) is 14.0. The molecule has 1 unspecified atom stereocenters. The molecule has 3 nitrogen and oxygen atoms in total. The monoisotopic (exact) mass is 353 g/mol. The first-order chi connectivity index (χ1) is 7.45. The van der Waals surface area contributed by atoms with Gasteiger partial charge in [0.15, 0.2) is 5.96 Å². The summed E-state index contributed by atoms with van der Waals surface area (Å²) in [5.74, 6) is 2.40. The predicted octanol–water partition coefficient (Wildman–Crippen LogP) is 2.86. The van der Waals surface area contributed by atoms with E-state index in [1.54, 1.807) is 0 Å². The van der Waals surface area contributed by atoms with Crippen LogP contribution in [0.15, 0.2) is 4.99 Å². The van der Waals surface area contributed by atoms with Crippen molar-refractivity contribution in [1.29, 1.82) is 0 Å². The molecule has 0 radical (unpaired) electrons. The number of nitrogens with one attached hydrogen (secondary N) is 2. The fourth-order valence-corrected chi connectivity index (χ4v) is 1.76. The molecule has 0 heterocycles. The van der Waals surface area contributed by atoms with Crippen molar-refractivity contribution in [1.82, 2.24) is 10.6 Å². The van der Waals surface area contributed by atoms with Crippen LogP contribution in [0.4, 0.5) is 0 Å². The standard InChI is InChI=1S/C13H27N3.HI/c1-6-14-12(15-8-10(2)3)16-9-11-7-13(11,4)5;/h10-11H,6-9H2,1-5H3,(H2,14,15,16);1H. The van der Waals surface area contributed by atoms with Crippen LogP contribution in [0, 0.1) is 17.3 Å². The van der Waals surface area contributed by atoms with Gasteiger partial charge in [-0.2, -0.15) is 0 Å². The molecule has 1 rings (SSSR count). The van der Waals surface area contributed by atoms with Gasteiger partial charge < -0.3 is 10.6 Å². The minimum absolute atomic E-state index is 0. The van der Waals surface area contributed by atoms with E-state index in [-0.39, 0.29) is 24.0 Å². The number of aliphatic imine (C=N–C) groups is 1. The van der Waals surface area contributed by atoms with E-state index in [9.17, 15) is 0 Å². The van der Waals surface area contributed by atoms with Crippen molar-refractivity contribution in [3.63, 3.8) is 0 Å². The smallest absolute Gasteiger partial charge is 0.191 e. The first-order valence-corrected chi connectivity index (χ1v) is 6.48. The highest BCUT2D eigenvalue weighted by Crippen LogP contribution is 2.50. The molecule has 1 atom stereocenters. The quantitative estimate of drug-likeness (QED) is 0.453. The summed E-state index contributed by atoms with van der Waals surface area (Å²) in [5, 5.41) is 6.72. The Morgan fingerprint density at radius 1 is 1.35 bits per heavy atom. The van der Waals surface area contributed by atoms with Crippen LogP contribution in [0.5, 0.6) is 0 Å². The van der Waals surface area contributed by atoms with Crippen LogP contribution < -0.4 is 10.6 Å². The van der Waals surface area contributed by atoms with Gasteiger partial charge in [-0.25, -0.2) is 0 Å². The fourth-order valence-electron chi connectivity index (χ4n) is 1.76. The molecular formula is C13H28IN3. The number of nitrogens with zero attached hydrogens (tertiary/aromatic N) is 1. The van der Waals surface area contributed by atoms with Crippen LogP contribution in [0.2, 0.25) is 0 Å². The van der Waals surface area contributed by atoms with Crippen molar-refractivity contribution in [2.45, 2.75) is 41.0 Å². The molecule has 4 heteroatoms. The highest BCUT2D eigenvalue weighted by atomic mass is 127. The van der Waals surface area contributed by atoms with Gasteiger partial charge in [0.25, 0.3) is 0 Å². The fraction of sp³-hybridized carbons (Fsp3) is 0.923. The summed E-state index contributed by atoms with van der Waals surface area (Å²) in [5.41, 5.74) is 0.544. The van der Waals surface area contributed by atoms with Crippen LogP contribution >= 0.6 is 24.0 Å². The summed E-state index contributed by atoms with van der Waals surface area (Å²) in [4.78, 5) is 4.55. The van der Waals surface area contributed by atoms with E-state index in [1.807, 2.05) is 0 Å². The maximum Gasteiger partial charge on any atom is 0.191 e. The van der Waals surface area contributed by atoms with Crippen molar-refractivity contribution in [3.05, 3.63) is 0 Å². The molecule has 0 saturated heterocycles. The van der Waals surface area contributed by atoms with Crippen molar-refractivity contribution >= 4 is 29.9 Å². The molecule has 1 aliphatic rings. The summed E-state index contributed by atoms with van der Waals surface area (Å²) in [6.07, 6.45) is 1.34. The Balaban J connectivity index is 0.00000256. The lowest BCUT2D eigenvalue weighted by Crippen LogP contribution is -2.39. The molecule has 0 aliphatic heterocycles. The SMILES string of the molecule is CCNC(=NCC(C)C)NCC1CC1(C)C.I. The Morgan fingerprint density at radius 3 is 2.35 bits per heavy atom. The molecular weight excluding hydrogens is 325 g/mol. The lowest BCUT2D eigenvalue weighted by molar-refractivity contribution is 0.548. The number of hydrogen-bond donors (Lipinski definition) is 2. The molecule has 1 saturated carbocycles. The largest absolute Gasteiger partial charge is 0.357 e. The van der Waals surface area contributed by atoms with E-state index >= 15 is 0 Å². The van der Waals surface area contributed by atoms with Gasteiger partial charge in [0.1, 0.15) is 0 Å². The van der Waals surface area contributed by atoms with E-state index in [0.29, 0.717) is 11.3 Å². The maximum absolute atomic E-state index is 4.55. The van der Waals surface area contributed by atoms with E-state index in [0.717, 1.165) is 31.5 Å². The second kappa shape index (κ2) is 7.44. The molecule has 0 spiro atoms. The topological polar surface area (TPSA) is 36.4 Å². The molecule has 0 bridgehead atoms. The van der Waals surface area contributed by atoms with E-state index in [1.165, 1.54) is 6.42 Å². The van der Waals surface area contributed by atoms with Crippen molar-refractivity contribution < 1.29 is 0 Å². The summed E-state index contributed by atoms with van der Waals surface area (Å²) < 4.78 is 0. The zero-order valence-corrected chi connectivity index (χ0v) is 14.2. The summed E-state index contributed by atoms with van der Waals surface area (Å²) >= 11 is 0. The van der Waals surface area contributed by atoms with Gasteiger partial charge in [0, 0.05) is 19.6 Å². The number of guanidine groups is 1. The van der Waals surface area contributed by atoms with Gasteiger partial charge in [-0.15, -0.1) is 24.0 Å². The Hall–Kier alpha value is 0. The first kappa shape index (κ1) is 17.0. The molecule has 102 valence electrons. The molecule has 2 N–H and O–H groups in total. The molecule has 1 fully saturated rings. The van der Waals surface area contributed by atoms with E-state index < -0.39 is 0 Å². The third-order valence-electron chi connectivity index (χ3n) is 3.19. The Morgan fingerprint density at radius 2 is 1.94 bits per heavy atom. The van der Waals surface area contributed by atoms with Crippen LogP contribution in [-0.4, -0.2) is 25.6 Å². The third kappa shape index (κ3) is 6.48. The Kier molecular flexibility index (Phi) is 7.44. The van der Waals surface area contributed by atoms with E-state index in [4.69, 9.17) is 0 Å². The third-order valence-corrected chi connectivity index (χ3v) is 3.19. The van der Waals surface area contributed by atoms with Crippen LogP contribution in [0.25, 0.3) is 0 Å². The minimum Gasteiger partial charge on any atom is -0.357 e. The van der Waals surface area contributed by atoms with Crippen LogP contribution in [0.1, 0.15) is 41.0 Å². The molecule has 0 aromatic carbocycles. The van der Waals surface area contributed by atoms with Crippen molar-refractivity contribution in [3.8, 4) is 0 Å². The highest BCUT2D eigenvalue weighted by molar-refractivity contribution is 14.0. The summed E-state index contributed by atoms with van der Waals surface area (Å²) in [7, 11) is 0. The van der Waals surface area contributed by atoms with Gasteiger partial charge >= 0.3 is 0 Å². The van der Waals surface area contributed by atoms with Crippen molar-refractivity contribution in [2.24, 2.45) is 22.2 Å². The van der Waals surface area contributed by atoms with Crippen LogP contribution in [-0.2, 0) is 0 Å². The average Bonchev–Trinajstić information content (AvgIpc) is 2.79. The Labute approximate surface area is 123 Å². The van der Waals surface area contributed by atoms with Crippen molar-refractivity contribution in [2.75, 3.05) is 19.6 Å². The molecule has 0 amide bonds. The molecule has 0 aromatic heterocycles. The highest BCUT2D eigenvalue weighted by Gasteiger charge is 2.45. The average molecular weight is 353 g/mol. The van der Waals surface area contributed by atoms with Gasteiger partial charge in [0.05, 0.1) is 0 Å². The zero-order chi connectivity index (χ0) is 12.2. The molecule has 1 aliphatic carbocycles. The van der Waals surface area contributed by atoms with Gasteiger partial charge in [0.2, 0.25) is 0 Å². The second-order valence-electron chi connectivity index (χ2n) is 5.88. The second-order valence-corrected chi connectivity index (χ2v) is 5.88. The molecule has 0 aromatic rings. The lowest BCUT2D eigenvalue weighted by Gasteiger charge is -2.12. The predicted molar refractivity (Wildman–Crippen MR) is 86.1 cm³/mol. The lowest BCUT2D eigenvalue weighted by atomic mass is 10.1. The molecule has 17 heavy (non-hydrogen) atoms. The maximum atomic E-state index is 4.55.